The predicted octanol–water partition coefficient (Wildman–Crippen LogP) is 3.61. The van der Waals surface area contributed by atoms with Gasteiger partial charge in [-0.2, -0.15) is 0 Å². The maximum absolute atomic E-state index is 13.1. The first-order valence-corrected chi connectivity index (χ1v) is 10.6. The van der Waals surface area contributed by atoms with E-state index in [1.807, 2.05) is 6.07 Å². The van der Waals surface area contributed by atoms with E-state index >= 15 is 0 Å². The Morgan fingerprint density at radius 3 is 2.62 bits per heavy atom. The molecule has 1 N–H and O–H groups in total. The van der Waals surface area contributed by atoms with Crippen molar-refractivity contribution in [2.24, 2.45) is 0 Å². The molecule has 148 valence electrons. The minimum Gasteiger partial charge on any atom is -0.308 e. The van der Waals surface area contributed by atoms with E-state index in [-0.39, 0.29) is 10.8 Å². The van der Waals surface area contributed by atoms with Crippen molar-refractivity contribution >= 4 is 27.3 Å². The second-order valence-electron chi connectivity index (χ2n) is 6.70. The summed E-state index contributed by atoms with van der Waals surface area (Å²) in [7, 11) is -3.88. The van der Waals surface area contributed by atoms with Crippen LogP contribution in [0.5, 0.6) is 0 Å². The van der Waals surface area contributed by atoms with Crippen LogP contribution in [0.3, 0.4) is 0 Å². The van der Waals surface area contributed by atoms with Gasteiger partial charge in [-0.1, -0.05) is 6.07 Å². The van der Waals surface area contributed by atoms with E-state index in [9.17, 15) is 17.6 Å². The van der Waals surface area contributed by atoms with Crippen molar-refractivity contribution in [2.45, 2.75) is 17.7 Å². The van der Waals surface area contributed by atoms with Crippen molar-refractivity contribution in [1.29, 1.82) is 0 Å². The first kappa shape index (κ1) is 19.1. The topological polar surface area (TPSA) is 79.4 Å². The fraction of sp³-hybridized carbons (Fsp3) is 0.143. The van der Waals surface area contributed by atoms with Crippen molar-refractivity contribution in [3.8, 4) is 0 Å². The van der Waals surface area contributed by atoms with E-state index in [0.717, 1.165) is 30.5 Å². The molecule has 2 heterocycles. The average molecular weight is 411 g/mol. The van der Waals surface area contributed by atoms with Gasteiger partial charge in [-0.15, -0.1) is 0 Å². The number of fused-ring (bicyclic) bond motifs is 1. The number of anilines is 2. The fourth-order valence-electron chi connectivity index (χ4n) is 3.32. The molecule has 0 spiro atoms. The summed E-state index contributed by atoms with van der Waals surface area (Å²) >= 11 is 0. The van der Waals surface area contributed by atoms with Gasteiger partial charge in [-0.05, 0) is 66.9 Å². The van der Waals surface area contributed by atoms with Crippen molar-refractivity contribution in [1.82, 2.24) is 4.98 Å². The summed E-state index contributed by atoms with van der Waals surface area (Å²) < 4.78 is 40.8. The van der Waals surface area contributed by atoms with E-state index in [4.69, 9.17) is 0 Å². The van der Waals surface area contributed by atoms with Gasteiger partial charge in [0.05, 0.1) is 16.1 Å². The number of carbonyl (C=O) groups excluding carboxylic acids is 1. The Kier molecular flexibility index (Phi) is 5.02. The molecule has 1 aromatic heterocycles. The zero-order valence-electron chi connectivity index (χ0n) is 15.4. The van der Waals surface area contributed by atoms with Crippen LogP contribution in [-0.2, 0) is 16.4 Å². The molecule has 6 nitrogen and oxygen atoms in total. The molecule has 0 saturated heterocycles. The first-order valence-electron chi connectivity index (χ1n) is 9.07. The monoisotopic (exact) mass is 411 g/mol. The predicted molar refractivity (Wildman–Crippen MR) is 108 cm³/mol. The molecule has 0 bridgehead atoms. The number of carbonyl (C=O) groups is 1. The van der Waals surface area contributed by atoms with Crippen LogP contribution in [0.25, 0.3) is 0 Å². The van der Waals surface area contributed by atoms with Gasteiger partial charge in [-0.3, -0.25) is 14.5 Å². The summed E-state index contributed by atoms with van der Waals surface area (Å²) in [4.78, 5) is 18.5. The summed E-state index contributed by atoms with van der Waals surface area (Å²) in [6.45, 7) is 0.537. The number of hydrogen-bond acceptors (Lipinski definition) is 4. The highest BCUT2D eigenvalue weighted by Gasteiger charge is 2.25. The van der Waals surface area contributed by atoms with Gasteiger partial charge in [0.15, 0.2) is 0 Å². The zero-order chi connectivity index (χ0) is 20.4. The maximum atomic E-state index is 13.1. The highest BCUT2D eigenvalue weighted by molar-refractivity contribution is 7.92. The molecular weight excluding hydrogens is 393 g/mol. The van der Waals surface area contributed by atoms with Gasteiger partial charge in [-0.25, -0.2) is 12.8 Å². The summed E-state index contributed by atoms with van der Waals surface area (Å²) in [5.74, 6) is -0.695. The number of sulfonamides is 1. The third kappa shape index (κ3) is 3.97. The van der Waals surface area contributed by atoms with Crippen LogP contribution >= 0.6 is 0 Å². The van der Waals surface area contributed by atoms with Crippen LogP contribution < -0.4 is 9.62 Å². The fourth-order valence-corrected chi connectivity index (χ4v) is 4.37. The number of nitrogens with one attached hydrogen (secondary N) is 1. The van der Waals surface area contributed by atoms with Crippen LogP contribution in [0, 0.1) is 5.82 Å². The summed E-state index contributed by atoms with van der Waals surface area (Å²) in [5, 5.41) is 0. The zero-order valence-corrected chi connectivity index (χ0v) is 16.2. The minimum atomic E-state index is -3.88. The molecule has 1 aliphatic rings. The van der Waals surface area contributed by atoms with E-state index in [1.165, 1.54) is 18.3 Å². The molecule has 8 heteroatoms. The number of rotatable bonds is 4. The van der Waals surface area contributed by atoms with Crippen LogP contribution in [0.2, 0.25) is 0 Å². The van der Waals surface area contributed by atoms with Gasteiger partial charge < -0.3 is 4.90 Å². The number of hydrogen-bond donors (Lipinski definition) is 1. The Labute approximate surface area is 168 Å². The summed E-state index contributed by atoms with van der Waals surface area (Å²) in [6.07, 6.45) is 4.73. The number of benzene rings is 2. The molecular formula is C21H18FN3O3S. The smallest absolute Gasteiger partial charge is 0.261 e. The Balaban J connectivity index is 1.65. The van der Waals surface area contributed by atoms with E-state index in [1.54, 1.807) is 35.4 Å². The van der Waals surface area contributed by atoms with Crippen LogP contribution in [0.15, 0.2) is 71.9 Å². The van der Waals surface area contributed by atoms with Gasteiger partial charge in [0.25, 0.3) is 15.9 Å². The van der Waals surface area contributed by atoms with Crippen LogP contribution in [0.1, 0.15) is 22.3 Å². The SMILES string of the molecule is O=C(c1cccnc1)N1CCCc2ccc(NS(=O)(=O)c3ccc(F)cc3)cc21. The molecule has 0 aliphatic carbocycles. The van der Waals surface area contributed by atoms with E-state index in [0.29, 0.717) is 23.5 Å². The van der Waals surface area contributed by atoms with Gasteiger partial charge in [0.1, 0.15) is 5.82 Å². The molecule has 3 aromatic rings. The Morgan fingerprint density at radius 2 is 1.90 bits per heavy atom. The number of nitrogens with zero attached hydrogens (tertiary/aromatic N) is 2. The van der Waals surface area contributed by atoms with E-state index < -0.39 is 15.8 Å². The molecule has 0 fully saturated rings. The molecule has 0 atom stereocenters. The number of amides is 1. The largest absolute Gasteiger partial charge is 0.308 e. The molecule has 4 rings (SSSR count). The Morgan fingerprint density at radius 1 is 1.10 bits per heavy atom. The van der Waals surface area contributed by atoms with Crippen molar-refractivity contribution in [2.75, 3.05) is 16.2 Å². The third-order valence-corrected chi connectivity index (χ3v) is 6.13. The summed E-state index contributed by atoms with van der Waals surface area (Å²) in [5.41, 5.74) is 2.44. The second kappa shape index (κ2) is 7.63. The summed E-state index contributed by atoms with van der Waals surface area (Å²) in [6, 6.07) is 13.1. The van der Waals surface area contributed by atoms with E-state index in [2.05, 4.69) is 9.71 Å². The second-order valence-corrected chi connectivity index (χ2v) is 8.39. The molecule has 2 aromatic carbocycles. The molecule has 1 amide bonds. The molecule has 29 heavy (non-hydrogen) atoms. The lowest BCUT2D eigenvalue weighted by Crippen LogP contribution is -2.35. The highest BCUT2D eigenvalue weighted by atomic mass is 32.2. The molecule has 0 radical (unpaired) electrons. The lowest BCUT2D eigenvalue weighted by molar-refractivity contribution is 0.0985. The van der Waals surface area contributed by atoms with Crippen molar-refractivity contribution in [3.63, 3.8) is 0 Å². The average Bonchev–Trinajstić information content (AvgIpc) is 2.73. The Hall–Kier alpha value is -3.26. The van der Waals surface area contributed by atoms with Crippen molar-refractivity contribution < 1.29 is 17.6 Å². The lowest BCUT2D eigenvalue weighted by atomic mass is 10.0. The molecule has 0 unspecified atom stereocenters. The molecule has 0 saturated carbocycles. The van der Waals surface area contributed by atoms with Gasteiger partial charge >= 0.3 is 0 Å². The highest BCUT2D eigenvalue weighted by Crippen LogP contribution is 2.32. The number of halogens is 1. The number of aromatic nitrogens is 1. The minimum absolute atomic E-state index is 0.0417. The molecule has 1 aliphatic heterocycles. The number of aryl methyl sites for hydroxylation is 1. The number of pyridine rings is 1. The third-order valence-electron chi connectivity index (χ3n) is 4.73. The van der Waals surface area contributed by atoms with Gasteiger partial charge in [0, 0.05) is 24.6 Å². The van der Waals surface area contributed by atoms with Crippen LogP contribution in [-0.4, -0.2) is 25.9 Å². The Bertz CT molecular complexity index is 1150. The maximum Gasteiger partial charge on any atom is 0.261 e. The first-order chi connectivity index (χ1) is 13.9. The van der Waals surface area contributed by atoms with Crippen LogP contribution in [0.4, 0.5) is 15.8 Å². The lowest BCUT2D eigenvalue weighted by Gasteiger charge is -2.30. The van der Waals surface area contributed by atoms with Crippen molar-refractivity contribution in [3.05, 3.63) is 83.9 Å². The standard InChI is InChI=1S/C21H18FN3O3S/c22-17-6-9-19(10-7-17)29(27,28)24-18-8-5-15-4-2-12-25(20(15)13-18)21(26)16-3-1-11-23-14-16/h1,3,5-11,13-14,24H,2,4,12H2. The normalized spacial score (nSPS) is 13.6. The quantitative estimate of drug-likeness (QED) is 0.711. The van der Waals surface area contributed by atoms with Gasteiger partial charge in [0.2, 0.25) is 0 Å².